The minimum atomic E-state index is -0.194. The van der Waals surface area contributed by atoms with Crippen molar-refractivity contribution in [3.05, 3.63) is 0 Å². The lowest BCUT2D eigenvalue weighted by Crippen LogP contribution is -2.26. The summed E-state index contributed by atoms with van der Waals surface area (Å²) in [6.45, 7) is 5.74. The minimum Gasteiger partial charge on any atom is -0.374 e. The lowest BCUT2D eigenvalue weighted by atomic mass is 10.0. The molecule has 0 spiro atoms. The maximum absolute atomic E-state index is 11.2. The molecule has 2 heteroatoms. The van der Waals surface area contributed by atoms with Crippen LogP contribution in [-0.2, 0) is 9.53 Å². The standard InChI is InChI=1S/C8H16O2/c1-5-7(10-4)8(9)6(2)3/h6-7H,5H2,1-4H3. The van der Waals surface area contributed by atoms with Crippen molar-refractivity contribution in [1.82, 2.24) is 0 Å². The highest BCUT2D eigenvalue weighted by Crippen LogP contribution is 2.05. The van der Waals surface area contributed by atoms with E-state index in [9.17, 15) is 4.79 Å². The van der Waals surface area contributed by atoms with Crippen molar-refractivity contribution in [2.24, 2.45) is 5.92 Å². The van der Waals surface area contributed by atoms with Crippen molar-refractivity contribution in [1.29, 1.82) is 0 Å². The van der Waals surface area contributed by atoms with Gasteiger partial charge < -0.3 is 4.74 Å². The Bertz CT molecular complexity index is 104. The third kappa shape index (κ3) is 2.48. The van der Waals surface area contributed by atoms with Gasteiger partial charge in [-0.25, -0.2) is 0 Å². The summed E-state index contributed by atoms with van der Waals surface area (Å²) >= 11 is 0. The van der Waals surface area contributed by atoms with Gasteiger partial charge in [0.1, 0.15) is 6.10 Å². The molecule has 0 bridgehead atoms. The van der Waals surface area contributed by atoms with Crippen molar-refractivity contribution in [2.75, 3.05) is 7.11 Å². The molecule has 0 rings (SSSR count). The fraction of sp³-hybridized carbons (Fsp3) is 0.875. The van der Waals surface area contributed by atoms with Gasteiger partial charge in [0.25, 0.3) is 0 Å². The average molecular weight is 144 g/mol. The summed E-state index contributed by atoms with van der Waals surface area (Å²) in [6.07, 6.45) is 0.577. The van der Waals surface area contributed by atoms with Crippen LogP contribution >= 0.6 is 0 Å². The number of hydrogen-bond donors (Lipinski definition) is 0. The Morgan fingerprint density at radius 1 is 1.50 bits per heavy atom. The summed E-state index contributed by atoms with van der Waals surface area (Å²) in [6, 6.07) is 0. The van der Waals surface area contributed by atoms with Crippen molar-refractivity contribution in [3.63, 3.8) is 0 Å². The molecule has 0 aromatic rings. The van der Waals surface area contributed by atoms with E-state index >= 15 is 0 Å². The molecule has 60 valence electrons. The van der Waals surface area contributed by atoms with Gasteiger partial charge in [-0.3, -0.25) is 4.79 Å². The largest absolute Gasteiger partial charge is 0.374 e. The molecule has 0 N–H and O–H groups in total. The van der Waals surface area contributed by atoms with Gasteiger partial charge in [-0.05, 0) is 6.42 Å². The summed E-state index contributed by atoms with van der Waals surface area (Å²) in [5.74, 6) is 0.287. The Morgan fingerprint density at radius 2 is 2.00 bits per heavy atom. The first-order valence-corrected chi connectivity index (χ1v) is 3.70. The number of rotatable bonds is 4. The molecule has 0 aliphatic rings. The predicted octanol–water partition coefficient (Wildman–Crippen LogP) is 1.64. The SMILES string of the molecule is CCC(OC)C(=O)C(C)C. The Labute approximate surface area is 62.6 Å². The summed E-state index contributed by atoms with van der Waals surface area (Å²) < 4.78 is 4.97. The Hall–Kier alpha value is -0.370. The molecule has 0 amide bonds. The van der Waals surface area contributed by atoms with Gasteiger partial charge in [-0.1, -0.05) is 20.8 Å². The number of carbonyl (C=O) groups is 1. The zero-order chi connectivity index (χ0) is 8.15. The molecule has 0 saturated heterocycles. The fourth-order valence-corrected chi connectivity index (χ4v) is 0.856. The lowest BCUT2D eigenvalue weighted by Gasteiger charge is -2.13. The molecule has 0 aromatic heterocycles. The molecular weight excluding hydrogens is 128 g/mol. The molecule has 0 radical (unpaired) electrons. The fourth-order valence-electron chi connectivity index (χ4n) is 0.856. The van der Waals surface area contributed by atoms with E-state index in [1.165, 1.54) is 0 Å². The van der Waals surface area contributed by atoms with Gasteiger partial charge in [0, 0.05) is 13.0 Å². The van der Waals surface area contributed by atoms with Crippen LogP contribution in [0, 0.1) is 5.92 Å². The summed E-state index contributed by atoms with van der Waals surface area (Å²) in [5, 5.41) is 0. The van der Waals surface area contributed by atoms with Crippen LogP contribution in [0.25, 0.3) is 0 Å². The van der Waals surface area contributed by atoms with E-state index in [0.717, 1.165) is 6.42 Å². The van der Waals surface area contributed by atoms with Crippen molar-refractivity contribution < 1.29 is 9.53 Å². The van der Waals surface area contributed by atoms with E-state index in [1.807, 2.05) is 20.8 Å². The maximum atomic E-state index is 11.2. The maximum Gasteiger partial charge on any atom is 0.164 e. The van der Waals surface area contributed by atoms with E-state index in [-0.39, 0.29) is 17.8 Å². The molecule has 0 fully saturated rings. The predicted molar refractivity (Wildman–Crippen MR) is 40.9 cm³/mol. The first-order valence-electron chi connectivity index (χ1n) is 3.70. The van der Waals surface area contributed by atoms with E-state index in [4.69, 9.17) is 4.74 Å². The Kier molecular flexibility index (Phi) is 4.28. The molecule has 0 aliphatic heterocycles. The zero-order valence-electron chi connectivity index (χ0n) is 7.18. The van der Waals surface area contributed by atoms with Crippen LogP contribution in [0.5, 0.6) is 0 Å². The highest BCUT2D eigenvalue weighted by molar-refractivity contribution is 5.84. The van der Waals surface area contributed by atoms with Gasteiger partial charge in [-0.15, -0.1) is 0 Å². The van der Waals surface area contributed by atoms with Crippen molar-refractivity contribution in [2.45, 2.75) is 33.3 Å². The van der Waals surface area contributed by atoms with E-state index in [1.54, 1.807) is 7.11 Å². The Morgan fingerprint density at radius 3 is 2.10 bits per heavy atom. The number of carbonyl (C=O) groups excluding carboxylic acids is 1. The second-order valence-corrected chi connectivity index (χ2v) is 2.69. The van der Waals surface area contributed by atoms with E-state index in [2.05, 4.69) is 0 Å². The van der Waals surface area contributed by atoms with E-state index < -0.39 is 0 Å². The monoisotopic (exact) mass is 144 g/mol. The second-order valence-electron chi connectivity index (χ2n) is 2.69. The van der Waals surface area contributed by atoms with Gasteiger partial charge in [0.2, 0.25) is 0 Å². The molecule has 1 unspecified atom stereocenters. The smallest absolute Gasteiger partial charge is 0.164 e. The third-order valence-corrected chi connectivity index (χ3v) is 1.54. The normalized spacial score (nSPS) is 13.7. The van der Waals surface area contributed by atoms with Crippen molar-refractivity contribution in [3.8, 4) is 0 Å². The molecule has 0 saturated carbocycles. The molecule has 0 heterocycles. The lowest BCUT2D eigenvalue weighted by molar-refractivity contribution is -0.132. The van der Waals surface area contributed by atoms with Crippen molar-refractivity contribution >= 4 is 5.78 Å². The quantitative estimate of drug-likeness (QED) is 0.599. The second kappa shape index (κ2) is 4.45. The van der Waals surface area contributed by atoms with Gasteiger partial charge in [-0.2, -0.15) is 0 Å². The highest BCUT2D eigenvalue weighted by Gasteiger charge is 2.17. The van der Waals surface area contributed by atoms with Crippen LogP contribution in [0.1, 0.15) is 27.2 Å². The average Bonchev–Trinajstić information content (AvgIpc) is 1.90. The first-order chi connectivity index (χ1) is 4.63. The van der Waals surface area contributed by atoms with Gasteiger partial charge >= 0.3 is 0 Å². The number of Topliss-reactive ketones (excluding diaryl/α,β-unsaturated/α-hetero) is 1. The van der Waals surface area contributed by atoms with Crippen LogP contribution in [0.3, 0.4) is 0 Å². The van der Waals surface area contributed by atoms with Crippen LogP contribution in [0.2, 0.25) is 0 Å². The van der Waals surface area contributed by atoms with Crippen LogP contribution in [0.15, 0.2) is 0 Å². The van der Waals surface area contributed by atoms with Crippen LogP contribution in [0.4, 0.5) is 0 Å². The van der Waals surface area contributed by atoms with Crippen LogP contribution < -0.4 is 0 Å². The summed E-state index contributed by atoms with van der Waals surface area (Å²) in [7, 11) is 1.58. The Balaban J connectivity index is 3.89. The molecule has 0 aliphatic carbocycles. The van der Waals surface area contributed by atoms with Gasteiger partial charge in [0.15, 0.2) is 5.78 Å². The molecular formula is C8H16O2. The number of ketones is 1. The molecule has 2 nitrogen and oxygen atoms in total. The topological polar surface area (TPSA) is 26.3 Å². The highest BCUT2D eigenvalue weighted by atomic mass is 16.5. The minimum absolute atomic E-state index is 0.0879. The number of hydrogen-bond acceptors (Lipinski definition) is 2. The first kappa shape index (κ1) is 9.63. The number of methoxy groups -OCH3 is 1. The van der Waals surface area contributed by atoms with Crippen LogP contribution in [-0.4, -0.2) is 19.0 Å². The zero-order valence-corrected chi connectivity index (χ0v) is 7.18. The number of ether oxygens (including phenoxy) is 1. The third-order valence-electron chi connectivity index (χ3n) is 1.54. The summed E-state index contributed by atoms with van der Waals surface area (Å²) in [5.41, 5.74) is 0. The summed E-state index contributed by atoms with van der Waals surface area (Å²) in [4.78, 5) is 11.2. The molecule has 10 heavy (non-hydrogen) atoms. The molecule has 0 aromatic carbocycles. The molecule has 1 atom stereocenters. The van der Waals surface area contributed by atoms with Gasteiger partial charge in [0.05, 0.1) is 0 Å². The van der Waals surface area contributed by atoms with E-state index in [0.29, 0.717) is 0 Å².